The molecule has 26 heavy (non-hydrogen) atoms. The standard InChI is InChI=1S/C20H21N5O/c1-14(2)16-5-7-17(8-6-16)25-20(26)18-10-19(24-13-23-18)22-12-15-4-3-9-21-11-15/h3-11,13-14H,12H2,1-2H3,(H,25,26)(H,22,23,24). The maximum atomic E-state index is 12.4. The van der Waals surface area contributed by atoms with E-state index in [-0.39, 0.29) is 5.91 Å². The minimum absolute atomic E-state index is 0.269. The fourth-order valence-corrected chi connectivity index (χ4v) is 2.42. The second kappa shape index (κ2) is 8.20. The number of benzene rings is 1. The number of hydrogen-bond acceptors (Lipinski definition) is 5. The fourth-order valence-electron chi connectivity index (χ4n) is 2.42. The number of aromatic nitrogens is 3. The molecular weight excluding hydrogens is 326 g/mol. The Labute approximate surface area is 152 Å². The maximum absolute atomic E-state index is 12.4. The van der Waals surface area contributed by atoms with Gasteiger partial charge in [-0.1, -0.05) is 32.0 Å². The van der Waals surface area contributed by atoms with Gasteiger partial charge in [-0.25, -0.2) is 9.97 Å². The van der Waals surface area contributed by atoms with Gasteiger partial charge in [0.05, 0.1) is 0 Å². The van der Waals surface area contributed by atoms with Crippen molar-refractivity contribution in [3.63, 3.8) is 0 Å². The first-order chi connectivity index (χ1) is 12.6. The number of anilines is 2. The lowest BCUT2D eigenvalue weighted by Crippen LogP contribution is -2.14. The van der Waals surface area contributed by atoms with Crippen molar-refractivity contribution in [3.8, 4) is 0 Å². The monoisotopic (exact) mass is 347 g/mol. The topological polar surface area (TPSA) is 79.8 Å². The molecule has 0 aliphatic heterocycles. The molecule has 0 saturated heterocycles. The minimum Gasteiger partial charge on any atom is -0.366 e. The SMILES string of the molecule is CC(C)c1ccc(NC(=O)c2cc(NCc3cccnc3)ncn2)cc1. The molecule has 2 N–H and O–H groups in total. The van der Waals surface area contributed by atoms with Crippen LogP contribution in [0.1, 0.15) is 41.4 Å². The van der Waals surface area contributed by atoms with Crippen LogP contribution in [0.3, 0.4) is 0 Å². The molecule has 0 aliphatic rings. The molecule has 3 aromatic rings. The zero-order valence-electron chi connectivity index (χ0n) is 14.8. The van der Waals surface area contributed by atoms with Crippen LogP contribution >= 0.6 is 0 Å². The number of carbonyl (C=O) groups excluding carboxylic acids is 1. The van der Waals surface area contributed by atoms with Gasteiger partial charge in [0.15, 0.2) is 0 Å². The third-order valence-corrected chi connectivity index (χ3v) is 3.93. The number of carbonyl (C=O) groups is 1. The van der Waals surface area contributed by atoms with Gasteiger partial charge in [0.2, 0.25) is 0 Å². The van der Waals surface area contributed by atoms with E-state index in [1.54, 1.807) is 18.5 Å². The summed E-state index contributed by atoms with van der Waals surface area (Å²) in [5.74, 6) is 0.772. The lowest BCUT2D eigenvalue weighted by molar-refractivity contribution is 0.102. The Morgan fingerprint density at radius 2 is 1.92 bits per heavy atom. The average molecular weight is 347 g/mol. The predicted molar refractivity (Wildman–Crippen MR) is 102 cm³/mol. The third kappa shape index (κ3) is 4.63. The van der Waals surface area contributed by atoms with Gasteiger partial charge in [0.1, 0.15) is 17.8 Å². The highest BCUT2D eigenvalue weighted by Gasteiger charge is 2.09. The first-order valence-corrected chi connectivity index (χ1v) is 8.48. The number of nitrogens with zero attached hydrogens (tertiary/aromatic N) is 3. The summed E-state index contributed by atoms with van der Waals surface area (Å²) in [7, 11) is 0. The van der Waals surface area contributed by atoms with Crippen LogP contribution in [-0.2, 0) is 6.54 Å². The molecule has 6 heteroatoms. The molecule has 0 fully saturated rings. The smallest absolute Gasteiger partial charge is 0.274 e. The summed E-state index contributed by atoms with van der Waals surface area (Å²) < 4.78 is 0. The van der Waals surface area contributed by atoms with E-state index in [1.807, 2.05) is 36.4 Å². The lowest BCUT2D eigenvalue weighted by atomic mass is 10.0. The van der Waals surface area contributed by atoms with Crippen LogP contribution in [0.25, 0.3) is 0 Å². The van der Waals surface area contributed by atoms with E-state index < -0.39 is 0 Å². The summed E-state index contributed by atoms with van der Waals surface area (Å²) in [6.07, 6.45) is 4.88. The minimum atomic E-state index is -0.269. The Kier molecular flexibility index (Phi) is 5.53. The molecule has 0 unspecified atom stereocenters. The lowest BCUT2D eigenvalue weighted by Gasteiger charge is -2.09. The Morgan fingerprint density at radius 3 is 2.62 bits per heavy atom. The highest BCUT2D eigenvalue weighted by molar-refractivity contribution is 6.03. The number of pyridine rings is 1. The summed E-state index contributed by atoms with van der Waals surface area (Å²) in [4.78, 5) is 24.7. The molecule has 0 spiro atoms. The van der Waals surface area contributed by atoms with E-state index in [4.69, 9.17) is 0 Å². The molecule has 2 heterocycles. The maximum Gasteiger partial charge on any atom is 0.274 e. The molecule has 3 rings (SSSR count). The first kappa shape index (κ1) is 17.5. The van der Waals surface area contributed by atoms with Crippen molar-refractivity contribution >= 4 is 17.4 Å². The van der Waals surface area contributed by atoms with E-state index in [0.717, 1.165) is 11.3 Å². The van der Waals surface area contributed by atoms with Crippen molar-refractivity contribution in [1.29, 1.82) is 0 Å². The van der Waals surface area contributed by atoms with Crippen LogP contribution in [0, 0.1) is 0 Å². The predicted octanol–water partition coefficient (Wildman–Crippen LogP) is 3.86. The van der Waals surface area contributed by atoms with Crippen molar-refractivity contribution in [1.82, 2.24) is 15.0 Å². The number of hydrogen-bond donors (Lipinski definition) is 2. The van der Waals surface area contributed by atoms with E-state index in [1.165, 1.54) is 11.9 Å². The van der Waals surface area contributed by atoms with Crippen molar-refractivity contribution in [3.05, 3.63) is 78.0 Å². The van der Waals surface area contributed by atoms with E-state index in [2.05, 4.69) is 39.4 Å². The first-order valence-electron chi connectivity index (χ1n) is 8.48. The highest BCUT2D eigenvalue weighted by Crippen LogP contribution is 2.17. The van der Waals surface area contributed by atoms with Gasteiger partial charge in [-0.05, 0) is 35.2 Å². The molecule has 0 saturated carbocycles. The summed E-state index contributed by atoms with van der Waals surface area (Å²) in [6.45, 7) is 4.84. The Morgan fingerprint density at radius 1 is 1.12 bits per heavy atom. The van der Waals surface area contributed by atoms with Crippen LogP contribution in [0.4, 0.5) is 11.5 Å². The Hall–Kier alpha value is -3.28. The van der Waals surface area contributed by atoms with Gasteiger partial charge in [-0.2, -0.15) is 0 Å². The van der Waals surface area contributed by atoms with Crippen LogP contribution in [0.15, 0.2) is 61.2 Å². The molecule has 0 atom stereocenters. The summed E-state index contributed by atoms with van der Waals surface area (Å²) in [5.41, 5.74) is 3.30. The zero-order valence-corrected chi connectivity index (χ0v) is 14.8. The third-order valence-electron chi connectivity index (χ3n) is 3.93. The zero-order chi connectivity index (χ0) is 18.4. The quantitative estimate of drug-likeness (QED) is 0.708. The number of amides is 1. The van der Waals surface area contributed by atoms with Crippen molar-refractivity contribution in [2.24, 2.45) is 0 Å². The second-order valence-electron chi connectivity index (χ2n) is 6.23. The summed E-state index contributed by atoms with van der Waals surface area (Å²) >= 11 is 0. The molecule has 2 aromatic heterocycles. The van der Waals surface area contributed by atoms with Gasteiger partial charge in [-0.15, -0.1) is 0 Å². The van der Waals surface area contributed by atoms with Gasteiger partial charge in [0.25, 0.3) is 5.91 Å². The van der Waals surface area contributed by atoms with Crippen molar-refractivity contribution < 1.29 is 4.79 Å². The summed E-state index contributed by atoms with van der Waals surface area (Å²) in [6, 6.07) is 13.3. The van der Waals surface area contributed by atoms with Gasteiger partial charge >= 0.3 is 0 Å². The molecule has 1 amide bonds. The second-order valence-corrected chi connectivity index (χ2v) is 6.23. The highest BCUT2D eigenvalue weighted by atomic mass is 16.1. The Bertz CT molecular complexity index is 863. The van der Waals surface area contributed by atoms with E-state index in [9.17, 15) is 4.79 Å². The van der Waals surface area contributed by atoms with Gasteiger partial charge in [-0.3, -0.25) is 9.78 Å². The van der Waals surface area contributed by atoms with E-state index >= 15 is 0 Å². The largest absolute Gasteiger partial charge is 0.366 e. The van der Waals surface area contributed by atoms with Crippen LogP contribution in [0.2, 0.25) is 0 Å². The van der Waals surface area contributed by atoms with Crippen LogP contribution in [-0.4, -0.2) is 20.9 Å². The number of nitrogens with one attached hydrogen (secondary N) is 2. The van der Waals surface area contributed by atoms with Crippen LogP contribution in [0.5, 0.6) is 0 Å². The molecule has 6 nitrogen and oxygen atoms in total. The fraction of sp³-hybridized carbons (Fsp3) is 0.200. The van der Waals surface area contributed by atoms with Crippen molar-refractivity contribution in [2.75, 3.05) is 10.6 Å². The molecule has 0 bridgehead atoms. The van der Waals surface area contributed by atoms with E-state index in [0.29, 0.717) is 24.0 Å². The van der Waals surface area contributed by atoms with Crippen molar-refractivity contribution in [2.45, 2.75) is 26.3 Å². The molecule has 0 aliphatic carbocycles. The van der Waals surface area contributed by atoms with Crippen LogP contribution < -0.4 is 10.6 Å². The average Bonchev–Trinajstić information content (AvgIpc) is 2.68. The number of rotatable bonds is 6. The van der Waals surface area contributed by atoms with Gasteiger partial charge < -0.3 is 10.6 Å². The normalized spacial score (nSPS) is 10.6. The molecule has 0 radical (unpaired) electrons. The van der Waals surface area contributed by atoms with Gasteiger partial charge in [0, 0.05) is 30.7 Å². The molecule has 1 aromatic carbocycles. The Balaban J connectivity index is 1.64. The summed E-state index contributed by atoms with van der Waals surface area (Å²) in [5, 5.41) is 6.03. The molecule has 132 valence electrons. The molecular formula is C20H21N5O.